The Hall–Kier alpha value is -4.00. The Morgan fingerprint density at radius 3 is 2.38 bits per heavy atom. The van der Waals surface area contributed by atoms with Crippen molar-refractivity contribution < 1.29 is 18.7 Å². The van der Waals surface area contributed by atoms with Gasteiger partial charge in [-0.3, -0.25) is 9.59 Å². The molecule has 0 aliphatic carbocycles. The summed E-state index contributed by atoms with van der Waals surface area (Å²) >= 11 is 0. The van der Waals surface area contributed by atoms with Crippen molar-refractivity contribution in [2.24, 2.45) is 5.10 Å². The zero-order chi connectivity index (χ0) is 23.1. The van der Waals surface area contributed by atoms with Crippen LogP contribution in [0.3, 0.4) is 0 Å². The van der Waals surface area contributed by atoms with Crippen molar-refractivity contribution in [2.45, 2.75) is 27.4 Å². The molecule has 0 heterocycles. The molecule has 0 radical (unpaired) electrons. The van der Waals surface area contributed by atoms with Crippen molar-refractivity contribution in [1.29, 1.82) is 0 Å². The zero-order valence-corrected chi connectivity index (χ0v) is 18.1. The number of amides is 2. The van der Waals surface area contributed by atoms with E-state index in [2.05, 4.69) is 15.8 Å². The van der Waals surface area contributed by atoms with E-state index < -0.39 is 11.8 Å². The summed E-state index contributed by atoms with van der Waals surface area (Å²) < 4.78 is 19.3. The van der Waals surface area contributed by atoms with Crippen molar-refractivity contribution in [2.75, 3.05) is 5.32 Å². The van der Waals surface area contributed by atoms with E-state index in [0.717, 1.165) is 16.7 Å². The summed E-state index contributed by atoms with van der Waals surface area (Å²) in [7, 11) is 0. The van der Waals surface area contributed by atoms with Gasteiger partial charge in [0.1, 0.15) is 18.2 Å². The molecular formula is C25H24FN3O3. The molecule has 0 unspecified atom stereocenters. The molecule has 0 fully saturated rings. The van der Waals surface area contributed by atoms with Gasteiger partial charge in [-0.25, -0.2) is 9.82 Å². The molecule has 0 aliphatic heterocycles. The maximum Gasteiger partial charge on any atom is 0.329 e. The molecular weight excluding hydrogens is 409 g/mol. The van der Waals surface area contributed by atoms with Gasteiger partial charge in [-0.15, -0.1) is 0 Å². The first-order valence-electron chi connectivity index (χ1n) is 10.0. The predicted molar refractivity (Wildman–Crippen MR) is 122 cm³/mol. The second-order valence-electron chi connectivity index (χ2n) is 7.32. The van der Waals surface area contributed by atoms with Gasteiger partial charge < -0.3 is 10.1 Å². The number of halogens is 1. The van der Waals surface area contributed by atoms with Crippen molar-refractivity contribution in [3.05, 3.63) is 94.8 Å². The lowest BCUT2D eigenvalue weighted by molar-refractivity contribution is -0.136. The Balaban J connectivity index is 1.55. The van der Waals surface area contributed by atoms with Gasteiger partial charge >= 0.3 is 11.8 Å². The third kappa shape index (κ3) is 6.01. The minimum atomic E-state index is -0.867. The SMILES string of the molecule is C/C(=N\NC(=O)C(=O)Nc1ccc(C)cc1C)c1ccc(OCc2ccccc2F)cc1. The van der Waals surface area contributed by atoms with E-state index >= 15 is 0 Å². The van der Waals surface area contributed by atoms with Crippen LogP contribution in [0.1, 0.15) is 29.2 Å². The Labute approximate surface area is 186 Å². The largest absolute Gasteiger partial charge is 0.489 e. The first-order chi connectivity index (χ1) is 15.3. The number of anilines is 1. The van der Waals surface area contributed by atoms with E-state index in [0.29, 0.717) is 22.7 Å². The summed E-state index contributed by atoms with van der Waals surface area (Å²) in [6.07, 6.45) is 0. The van der Waals surface area contributed by atoms with E-state index in [-0.39, 0.29) is 12.4 Å². The highest BCUT2D eigenvalue weighted by atomic mass is 19.1. The smallest absolute Gasteiger partial charge is 0.329 e. The third-order valence-corrected chi connectivity index (χ3v) is 4.79. The first kappa shape index (κ1) is 22.7. The van der Waals surface area contributed by atoms with Gasteiger partial charge in [0.2, 0.25) is 0 Å². The van der Waals surface area contributed by atoms with Gasteiger partial charge in [-0.1, -0.05) is 35.9 Å². The highest BCUT2D eigenvalue weighted by molar-refractivity contribution is 6.39. The van der Waals surface area contributed by atoms with Gasteiger partial charge in [-0.2, -0.15) is 5.10 Å². The van der Waals surface area contributed by atoms with Crippen LogP contribution in [0, 0.1) is 19.7 Å². The van der Waals surface area contributed by atoms with Crippen molar-refractivity contribution >= 4 is 23.2 Å². The van der Waals surface area contributed by atoms with Crippen LogP contribution in [0.5, 0.6) is 5.75 Å². The number of hydrogen-bond acceptors (Lipinski definition) is 4. The summed E-state index contributed by atoms with van der Waals surface area (Å²) in [5.74, 6) is -1.41. The van der Waals surface area contributed by atoms with Gasteiger partial charge in [0, 0.05) is 11.3 Å². The second-order valence-corrected chi connectivity index (χ2v) is 7.32. The number of aryl methyl sites for hydroxylation is 2. The molecule has 0 aromatic heterocycles. The molecule has 2 N–H and O–H groups in total. The maximum atomic E-state index is 13.7. The van der Waals surface area contributed by atoms with Gasteiger partial charge in [-0.05, 0) is 68.3 Å². The molecule has 164 valence electrons. The van der Waals surface area contributed by atoms with E-state index in [1.807, 2.05) is 26.0 Å². The summed E-state index contributed by atoms with van der Waals surface area (Å²) in [6, 6.07) is 18.9. The number of benzene rings is 3. The quantitative estimate of drug-likeness (QED) is 0.341. The lowest BCUT2D eigenvalue weighted by Crippen LogP contribution is -2.33. The highest BCUT2D eigenvalue weighted by Gasteiger charge is 2.14. The fourth-order valence-electron chi connectivity index (χ4n) is 2.95. The number of ether oxygens (including phenoxy) is 1. The Morgan fingerprint density at radius 1 is 0.969 bits per heavy atom. The molecule has 0 saturated carbocycles. The van der Waals surface area contributed by atoms with Crippen LogP contribution < -0.4 is 15.5 Å². The minimum absolute atomic E-state index is 0.116. The Morgan fingerprint density at radius 2 is 1.69 bits per heavy atom. The lowest BCUT2D eigenvalue weighted by Gasteiger charge is -2.09. The number of hydrogen-bond donors (Lipinski definition) is 2. The average molecular weight is 433 g/mol. The average Bonchev–Trinajstić information content (AvgIpc) is 2.78. The highest BCUT2D eigenvalue weighted by Crippen LogP contribution is 2.17. The third-order valence-electron chi connectivity index (χ3n) is 4.79. The van der Waals surface area contributed by atoms with E-state index in [1.165, 1.54) is 6.07 Å². The van der Waals surface area contributed by atoms with Crippen molar-refractivity contribution in [3.63, 3.8) is 0 Å². The molecule has 3 rings (SSSR count). The van der Waals surface area contributed by atoms with Gasteiger partial charge in [0.25, 0.3) is 0 Å². The molecule has 0 saturated heterocycles. The summed E-state index contributed by atoms with van der Waals surface area (Å²) in [4.78, 5) is 24.2. The predicted octanol–water partition coefficient (Wildman–Crippen LogP) is 4.50. The first-order valence-corrected chi connectivity index (χ1v) is 10.0. The minimum Gasteiger partial charge on any atom is -0.489 e. The monoisotopic (exact) mass is 433 g/mol. The lowest BCUT2D eigenvalue weighted by atomic mass is 10.1. The van der Waals surface area contributed by atoms with E-state index in [1.54, 1.807) is 55.5 Å². The summed E-state index contributed by atoms with van der Waals surface area (Å²) in [6.45, 7) is 5.62. The fraction of sp³-hybridized carbons (Fsp3) is 0.160. The number of hydrazone groups is 1. The number of nitrogens with zero attached hydrogens (tertiary/aromatic N) is 1. The maximum absolute atomic E-state index is 13.7. The Bertz CT molecular complexity index is 1160. The summed E-state index contributed by atoms with van der Waals surface area (Å²) in [5.41, 5.74) is 6.48. The number of carbonyl (C=O) groups excluding carboxylic acids is 2. The molecule has 2 amide bonds. The number of rotatable bonds is 6. The van der Waals surface area contributed by atoms with Crippen LogP contribution in [0.4, 0.5) is 10.1 Å². The van der Waals surface area contributed by atoms with E-state index in [9.17, 15) is 14.0 Å². The summed E-state index contributed by atoms with van der Waals surface area (Å²) in [5, 5.41) is 6.57. The van der Waals surface area contributed by atoms with Crippen LogP contribution in [-0.4, -0.2) is 17.5 Å². The van der Waals surface area contributed by atoms with Crippen molar-refractivity contribution in [1.82, 2.24) is 5.43 Å². The van der Waals surface area contributed by atoms with E-state index in [4.69, 9.17) is 4.74 Å². The molecule has 3 aromatic rings. The second kappa shape index (κ2) is 10.3. The normalized spacial score (nSPS) is 11.1. The van der Waals surface area contributed by atoms with Gasteiger partial charge in [0.15, 0.2) is 0 Å². The fourth-order valence-corrected chi connectivity index (χ4v) is 2.95. The molecule has 3 aromatic carbocycles. The molecule has 0 aliphatic rings. The standard InChI is InChI=1S/C25H24FN3O3/c1-16-8-13-23(17(2)14-16)27-24(30)25(31)29-28-18(3)19-9-11-21(12-10-19)32-15-20-6-4-5-7-22(20)26/h4-14H,15H2,1-3H3,(H,27,30)(H,29,31)/b28-18+. The Kier molecular flexibility index (Phi) is 7.33. The molecule has 7 heteroatoms. The number of nitrogens with one attached hydrogen (secondary N) is 2. The van der Waals surface area contributed by atoms with Crippen LogP contribution in [0.2, 0.25) is 0 Å². The van der Waals surface area contributed by atoms with Crippen LogP contribution in [-0.2, 0) is 16.2 Å². The molecule has 0 atom stereocenters. The van der Waals surface area contributed by atoms with Crippen LogP contribution in [0.15, 0.2) is 71.8 Å². The molecule has 32 heavy (non-hydrogen) atoms. The van der Waals surface area contributed by atoms with Crippen LogP contribution >= 0.6 is 0 Å². The van der Waals surface area contributed by atoms with Crippen molar-refractivity contribution in [3.8, 4) is 5.75 Å². The molecule has 0 bridgehead atoms. The number of carbonyl (C=O) groups is 2. The zero-order valence-electron chi connectivity index (χ0n) is 18.1. The topological polar surface area (TPSA) is 79.8 Å². The van der Waals surface area contributed by atoms with Gasteiger partial charge in [0.05, 0.1) is 5.71 Å². The molecule has 0 spiro atoms. The molecule has 6 nitrogen and oxygen atoms in total. The van der Waals surface area contributed by atoms with Crippen LogP contribution in [0.25, 0.3) is 0 Å².